The monoisotopic (exact) mass is 266 g/mol. The molecule has 0 aliphatic rings. The lowest BCUT2D eigenvalue weighted by molar-refractivity contribution is -0.122. The minimum Gasteiger partial charge on any atom is -0.481 e. The molecule has 0 saturated heterocycles. The number of nitrogens with one attached hydrogen (secondary N) is 2. The van der Waals surface area contributed by atoms with E-state index in [1.165, 1.54) is 6.33 Å². The summed E-state index contributed by atoms with van der Waals surface area (Å²) < 4.78 is 5.45. The summed E-state index contributed by atoms with van der Waals surface area (Å²) in [4.78, 5) is 15.5. The lowest BCUT2D eigenvalue weighted by Gasteiger charge is -2.13. The van der Waals surface area contributed by atoms with Crippen LogP contribution in [-0.2, 0) is 4.79 Å². The maximum atomic E-state index is 11.7. The van der Waals surface area contributed by atoms with Crippen LogP contribution in [0.25, 0.3) is 0 Å². The summed E-state index contributed by atoms with van der Waals surface area (Å²) in [5, 5.41) is 9.23. The summed E-state index contributed by atoms with van der Waals surface area (Å²) in [7, 11) is 0. The van der Waals surface area contributed by atoms with Crippen LogP contribution < -0.4 is 10.1 Å². The Bertz CT molecular complexity index is 530. The van der Waals surface area contributed by atoms with Crippen LogP contribution >= 0.6 is 11.6 Å². The van der Waals surface area contributed by atoms with Crippen LogP contribution in [0, 0.1) is 0 Å². The minimum atomic E-state index is -0.673. The van der Waals surface area contributed by atoms with Crippen molar-refractivity contribution >= 4 is 23.5 Å². The highest BCUT2D eigenvalue weighted by atomic mass is 35.5. The number of aromatic nitrogens is 3. The maximum absolute atomic E-state index is 11.7. The van der Waals surface area contributed by atoms with Crippen molar-refractivity contribution in [3.05, 3.63) is 35.6 Å². The van der Waals surface area contributed by atoms with Crippen molar-refractivity contribution in [3.8, 4) is 5.75 Å². The fourth-order valence-corrected chi connectivity index (χ4v) is 1.46. The number of aromatic amines is 1. The molecule has 2 N–H and O–H groups in total. The third-order valence-corrected chi connectivity index (χ3v) is 2.37. The number of hydrogen-bond acceptors (Lipinski definition) is 4. The number of rotatable bonds is 4. The summed E-state index contributed by atoms with van der Waals surface area (Å²) in [6.45, 7) is 1.63. The zero-order valence-corrected chi connectivity index (χ0v) is 10.3. The number of carbonyl (C=O) groups excluding carboxylic acids is 1. The van der Waals surface area contributed by atoms with Crippen molar-refractivity contribution in [3.63, 3.8) is 0 Å². The summed E-state index contributed by atoms with van der Waals surface area (Å²) in [5.41, 5.74) is 0. The van der Waals surface area contributed by atoms with E-state index < -0.39 is 6.10 Å². The fourth-order valence-electron chi connectivity index (χ4n) is 1.28. The van der Waals surface area contributed by atoms with Gasteiger partial charge in [-0.1, -0.05) is 17.7 Å². The number of halogens is 1. The first-order chi connectivity index (χ1) is 8.65. The Morgan fingerprint density at radius 3 is 3.06 bits per heavy atom. The Balaban J connectivity index is 1.95. The predicted octanol–water partition coefficient (Wildman–Crippen LogP) is 1.86. The van der Waals surface area contributed by atoms with Crippen LogP contribution in [0.3, 0.4) is 0 Å². The van der Waals surface area contributed by atoms with Gasteiger partial charge in [-0.25, -0.2) is 5.10 Å². The van der Waals surface area contributed by atoms with E-state index in [4.69, 9.17) is 16.3 Å². The summed E-state index contributed by atoms with van der Waals surface area (Å²) >= 11 is 5.82. The standard InChI is InChI=1S/C11H11ClN4O2/c1-7(10(17)15-11-13-6-14-16-11)18-9-4-2-3-8(12)5-9/h2-7H,1H3,(H2,13,14,15,16,17). The van der Waals surface area contributed by atoms with Crippen LogP contribution in [0.5, 0.6) is 5.75 Å². The quantitative estimate of drug-likeness (QED) is 0.885. The second kappa shape index (κ2) is 5.50. The van der Waals surface area contributed by atoms with E-state index in [0.717, 1.165) is 0 Å². The molecule has 0 radical (unpaired) electrons. The van der Waals surface area contributed by atoms with E-state index in [2.05, 4.69) is 20.5 Å². The smallest absolute Gasteiger partial charge is 0.267 e. The van der Waals surface area contributed by atoms with Crippen LogP contribution in [0.2, 0.25) is 5.02 Å². The van der Waals surface area contributed by atoms with Crippen LogP contribution in [-0.4, -0.2) is 27.2 Å². The van der Waals surface area contributed by atoms with Gasteiger partial charge in [-0.15, -0.1) is 0 Å². The molecule has 94 valence electrons. The molecule has 1 aromatic carbocycles. The first kappa shape index (κ1) is 12.4. The summed E-state index contributed by atoms with van der Waals surface area (Å²) in [6.07, 6.45) is 0.631. The van der Waals surface area contributed by atoms with E-state index in [9.17, 15) is 4.79 Å². The van der Waals surface area contributed by atoms with Gasteiger partial charge in [-0.3, -0.25) is 10.1 Å². The molecule has 0 bridgehead atoms. The molecule has 2 rings (SSSR count). The highest BCUT2D eigenvalue weighted by Gasteiger charge is 2.15. The molecule has 18 heavy (non-hydrogen) atoms. The Morgan fingerprint density at radius 1 is 1.56 bits per heavy atom. The SMILES string of the molecule is CC(Oc1cccc(Cl)c1)C(=O)Nc1ncn[nH]1. The molecule has 0 saturated carbocycles. The number of carbonyl (C=O) groups is 1. The van der Waals surface area contributed by atoms with Crippen LogP contribution in [0.1, 0.15) is 6.92 Å². The minimum absolute atomic E-state index is 0.279. The number of H-pyrrole nitrogens is 1. The molecule has 0 aliphatic heterocycles. The van der Waals surface area contributed by atoms with Gasteiger partial charge in [0.05, 0.1) is 0 Å². The van der Waals surface area contributed by atoms with E-state index in [-0.39, 0.29) is 11.9 Å². The summed E-state index contributed by atoms with van der Waals surface area (Å²) in [6, 6.07) is 6.84. The maximum Gasteiger partial charge on any atom is 0.267 e. The number of hydrogen-bond donors (Lipinski definition) is 2. The average Bonchev–Trinajstić information content (AvgIpc) is 2.81. The molecule has 1 amide bonds. The van der Waals surface area contributed by atoms with Crippen molar-refractivity contribution < 1.29 is 9.53 Å². The van der Waals surface area contributed by atoms with Crippen LogP contribution in [0.15, 0.2) is 30.6 Å². The van der Waals surface area contributed by atoms with Gasteiger partial charge < -0.3 is 4.74 Å². The Hall–Kier alpha value is -2.08. The largest absolute Gasteiger partial charge is 0.481 e. The van der Waals surface area contributed by atoms with Crippen molar-refractivity contribution in [2.45, 2.75) is 13.0 Å². The molecular weight excluding hydrogens is 256 g/mol. The van der Waals surface area contributed by atoms with E-state index in [1.54, 1.807) is 31.2 Å². The molecule has 6 nitrogen and oxygen atoms in total. The first-order valence-electron chi connectivity index (χ1n) is 5.23. The fraction of sp³-hybridized carbons (Fsp3) is 0.182. The molecule has 0 aliphatic carbocycles. The van der Waals surface area contributed by atoms with Gasteiger partial charge in [-0.05, 0) is 25.1 Å². The Morgan fingerprint density at radius 2 is 2.39 bits per heavy atom. The first-order valence-corrected chi connectivity index (χ1v) is 5.61. The van der Waals surface area contributed by atoms with E-state index >= 15 is 0 Å². The van der Waals surface area contributed by atoms with Gasteiger partial charge >= 0.3 is 0 Å². The highest BCUT2D eigenvalue weighted by Crippen LogP contribution is 2.18. The summed E-state index contributed by atoms with van der Waals surface area (Å²) in [5.74, 6) is 0.482. The second-order valence-electron chi connectivity index (χ2n) is 3.54. The van der Waals surface area contributed by atoms with Gasteiger partial charge in [0.2, 0.25) is 5.95 Å². The lowest BCUT2D eigenvalue weighted by Crippen LogP contribution is -2.30. The highest BCUT2D eigenvalue weighted by molar-refractivity contribution is 6.30. The van der Waals surface area contributed by atoms with Crippen LogP contribution in [0.4, 0.5) is 5.95 Å². The van der Waals surface area contributed by atoms with Gasteiger partial charge in [0.1, 0.15) is 12.1 Å². The number of amides is 1. The zero-order valence-electron chi connectivity index (χ0n) is 9.55. The third-order valence-electron chi connectivity index (χ3n) is 2.13. The molecular formula is C11H11ClN4O2. The Labute approximate surface area is 108 Å². The normalized spacial score (nSPS) is 11.9. The number of nitrogens with zero attached hydrogens (tertiary/aromatic N) is 2. The number of anilines is 1. The molecule has 1 aromatic heterocycles. The lowest BCUT2D eigenvalue weighted by atomic mass is 10.3. The molecule has 0 fully saturated rings. The van der Waals surface area contributed by atoms with Crippen molar-refractivity contribution in [1.29, 1.82) is 0 Å². The van der Waals surface area contributed by atoms with Crippen molar-refractivity contribution in [1.82, 2.24) is 15.2 Å². The van der Waals surface area contributed by atoms with Gasteiger partial charge in [0.15, 0.2) is 6.10 Å². The molecule has 2 aromatic rings. The van der Waals surface area contributed by atoms with Gasteiger partial charge in [0.25, 0.3) is 5.91 Å². The molecule has 1 heterocycles. The molecule has 1 unspecified atom stereocenters. The second-order valence-corrected chi connectivity index (χ2v) is 3.98. The number of benzene rings is 1. The van der Waals surface area contributed by atoms with Crippen molar-refractivity contribution in [2.24, 2.45) is 0 Å². The van der Waals surface area contributed by atoms with E-state index in [1.807, 2.05) is 0 Å². The number of ether oxygens (including phenoxy) is 1. The Kier molecular flexibility index (Phi) is 3.78. The van der Waals surface area contributed by atoms with Gasteiger partial charge in [-0.2, -0.15) is 10.1 Å². The topological polar surface area (TPSA) is 79.9 Å². The molecule has 0 spiro atoms. The predicted molar refractivity (Wildman–Crippen MR) is 66.6 cm³/mol. The third kappa shape index (κ3) is 3.21. The zero-order chi connectivity index (χ0) is 13.0. The average molecular weight is 267 g/mol. The molecule has 1 atom stereocenters. The van der Waals surface area contributed by atoms with Crippen molar-refractivity contribution in [2.75, 3.05) is 5.32 Å². The van der Waals surface area contributed by atoms with E-state index in [0.29, 0.717) is 10.8 Å². The molecule has 7 heteroatoms. The van der Waals surface area contributed by atoms with Gasteiger partial charge in [0, 0.05) is 5.02 Å².